The van der Waals surface area contributed by atoms with E-state index in [0.29, 0.717) is 12.4 Å². The molecule has 4 aromatic rings. The van der Waals surface area contributed by atoms with Crippen LogP contribution in [-0.4, -0.2) is 28.2 Å². The fraction of sp³-hybridized carbons (Fsp3) is 0.100. The number of hydrogen-bond donors (Lipinski definition) is 2. The highest BCUT2D eigenvalue weighted by Crippen LogP contribution is 2.36. The average Bonchev–Trinajstić information content (AvgIpc) is 3.12. The van der Waals surface area contributed by atoms with Gasteiger partial charge in [0.1, 0.15) is 10.6 Å². The van der Waals surface area contributed by atoms with E-state index in [1.807, 2.05) is 48.5 Å². The number of anilines is 1. The van der Waals surface area contributed by atoms with Gasteiger partial charge >= 0.3 is 0 Å². The summed E-state index contributed by atoms with van der Waals surface area (Å²) in [5, 5.41) is 13.4. The lowest BCUT2D eigenvalue weighted by Gasteiger charge is -2.07. The lowest BCUT2D eigenvalue weighted by atomic mass is 10.2. The van der Waals surface area contributed by atoms with Gasteiger partial charge < -0.3 is 10.4 Å². The number of nitrogens with one attached hydrogen (secondary N) is 1. The van der Waals surface area contributed by atoms with E-state index in [4.69, 9.17) is 10.1 Å². The molecule has 0 unspecified atom stereocenters. The number of nitrogens with zero attached hydrogens (tertiary/aromatic N) is 2. The van der Waals surface area contributed by atoms with Crippen molar-refractivity contribution < 1.29 is 5.11 Å². The lowest BCUT2D eigenvalue weighted by Crippen LogP contribution is -2.08. The Balaban J connectivity index is 1.87. The molecule has 0 saturated heterocycles. The van der Waals surface area contributed by atoms with E-state index in [0.717, 1.165) is 26.5 Å². The van der Waals surface area contributed by atoms with Gasteiger partial charge in [0, 0.05) is 17.0 Å². The number of fused-ring (bicyclic) bond motifs is 1. The highest BCUT2D eigenvalue weighted by molar-refractivity contribution is 7.21. The molecule has 25 heavy (non-hydrogen) atoms. The fourth-order valence-corrected chi connectivity index (χ4v) is 3.73. The highest BCUT2D eigenvalue weighted by atomic mass is 32.1. The molecule has 2 heterocycles. The van der Waals surface area contributed by atoms with Crippen LogP contribution in [0.2, 0.25) is 0 Å². The molecule has 0 radical (unpaired) electrons. The molecule has 4 nitrogen and oxygen atoms in total. The van der Waals surface area contributed by atoms with Crippen molar-refractivity contribution in [3.63, 3.8) is 0 Å². The van der Waals surface area contributed by atoms with Crippen LogP contribution in [0.5, 0.6) is 0 Å². The van der Waals surface area contributed by atoms with E-state index < -0.39 is 0 Å². The van der Waals surface area contributed by atoms with Crippen molar-refractivity contribution in [2.24, 2.45) is 0 Å². The Kier molecular flexibility index (Phi) is 4.41. The molecule has 2 aromatic carbocycles. The zero-order valence-electron chi connectivity index (χ0n) is 13.5. The molecular weight excluding hydrogens is 330 g/mol. The van der Waals surface area contributed by atoms with Gasteiger partial charge in [-0.1, -0.05) is 60.7 Å². The number of hydrogen-bond acceptors (Lipinski definition) is 5. The molecule has 0 fully saturated rings. The number of aromatic nitrogens is 2. The minimum absolute atomic E-state index is 0.0574. The Morgan fingerprint density at radius 1 is 0.880 bits per heavy atom. The van der Waals surface area contributed by atoms with E-state index in [9.17, 15) is 0 Å². The lowest BCUT2D eigenvalue weighted by molar-refractivity contribution is 0.311. The number of aliphatic hydroxyl groups is 1. The second-order valence-electron chi connectivity index (χ2n) is 5.61. The third-order valence-corrected chi connectivity index (χ3v) is 4.97. The van der Waals surface area contributed by atoms with Gasteiger partial charge in [0.05, 0.1) is 12.0 Å². The molecular formula is C20H17N3OS. The summed E-state index contributed by atoms with van der Waals surface area (Å²) in [6.07, 6.45) is 0. The zero-order valence-corrected chi connectivity index (χ0v) is 14.3. The van der Waals surface area contributed by atoms with Crippen LogP contribution in [0.25, 0.3) is 32.0 Å². The Labute approximate surface area is 149 Å². The van der Waals surface area contributed by atoms with E-state index in [1.165, 1.54) is 5.56 Å². The summed E-state index contributed by atoms with van der Waals surface area (Å²) in [7, 11) is 0. The van der Waals surface area contributed by atoms with Crippen LogP contribution < -0.4 is 5.32 Å². The quantitative estimate of drug-likeness (QED) is 0.561. The zero-order chi connectivity index (χ0) is 17.1. The maximum Gasteiger partial charge on any atom is 0.163 e. The molecule has 2 aromatic heterocycles. The van der Waals surface area contributed by atoms with Crippen molar-refractivity contribution >= 4 is 27.4 Å². The summed E-state index contributed by atoms with van der Waals surface area (Å²) in [5.41, 5.74) is 2.14. The number of aliphatic hydroxyl groups excluding tert-OH is 1. The first-order valence-corrected chi connectivity index (χ1v) is 8.94. The Bertz CT molecular complexity index is 984. The van der Waals surface area contributed by atoms with Crippen LogP contribution in [0.4, 0.5) is 5.82 Å². The predicted octanol–water partition coefficient (Wildman–Crippen LogP) is 4.43. The number of benzene rings is 2. The summed E-state index contributed by atoms with van der Waals surface area (Å²) in [6, 6.07) is 22.3. The minimum Gasteiger partial charge on any atom is -0.395 e. The summed E-state index contributed by atoms with van der Waals surface area (Å²) < 4.78 is 0. The summed E-state index contributed by atoms with van der Waals surface area (Å²) in [4.78, 5) is 11.5. The third-order valence-electron chi connectivity index (χ3n) is 3.89. The third kappa shape index (κ3) is 3.24. The van der Waals surface area contributed by atoms with Gasteiger partial charge in [0.15, 0.2) is 5.82 Å². The van der Waals surface area contributed by atoms with Crippen molar-refractivity contribution in [3.05, 3.63) is 66.7 Å². The number of thiophene rings is 1. The van der Waals surface area contributed by atoms with Crippen molar-refractivity contribution in [2.45, 2.75) is 0 Å². The molecule has 2 N–H and O–H groups in total. The maximum absolute atomic E-state index is 9.17. The molecule has 0 saturated carbocycles. The van der Waals surface area contributed by atoms with Crippen LogP contribution in [0.15, 0.2) is 66.7 Å². The largest absolute Gasteiger partial charge is 0.395 e. The molecule has 124 valence electrons. The molecule has 0 amide bonds. The van der Waals surface area contributed by atoms with E-state index in [-0.39, 0.29) is 6.61 Å². The Morgan fingerprint density at radius 3 is 2.24 bits per heavy atom. The van der Waals surface area contributed by atoms with Crippen LogP contribution in [0, 0.1) is 0 Å². The van der Waals surface area contributed by atoms with Gasteiger partial charge in [-0.2, -0.15) is 0 Å². The maximum atomic E-state index is 9.17. The standard InChI is InChI=1S/C20H17N3OS/c24-12-11-21-19-16-13-17(14-7-3-1-4-8-14)25-20(16)23-18(22-19)15-9-5-2-6-10-15/h1-10,13,24H,11-12H2,(H,21,22,23). The molecule has 0 aliphatic rings. The van der Waals surface area contributed by atoms with Gasteiger partial charge in [-0.3, -0.25) is 0 Å². The average molecular weight is 347 g/mol. The van der Waals surface area contributed by atoms with Gasteiger partial charge in [0.2, 0.25) is 0 Å². The van der Waals surface area contributed by atoms with E-state index in [2.05, 4.69) is 28.5 Å². The first-order chi connectivity index (χ1) is 12.3. The Hall–Kier alpha value is -2.76. The van der Waals surface area contributed by atoms with Crippen LogP contribution in [0.3, 0.4) is 0 Å². The molecule has 0 bridgehead atoms. The van der Waals surface area contributed by atoms with Crippen molar-refractivity contribution in [2.75, 3.05) is 18.5 Å². The van der Waals surface area contributed by atoms with Crippen LogP contribution in [-0.2, 0) is 0 Å². The molecule has 0 aliphatic carbocycles. The second kappa shape index (κ2) is 7.01. The fourth-order valence-electron chi connectivity index (χ4n) is 2.69. The summed E-state index contributed by atoms with van der Waals surface area (Å²) in [5.74, 6) is 1.45. The van der Waals surface area contributed by atoms with Crippen molar-refractivity contribution in [1.82, 2.24) is 9.97 Å². The van der Waals surface area contributed by atoms with Crippen molar-refractivity contribution in [1.29, 1.82) is 0 Å². The Morgan fingerprint density at radius 2 is 1.56 bits per heavy atom. The SMILES string of the molecule is OCCNc1nc(-c2ccccc2)nc2sc(-c3ccccc3)cc12. The topological polar surface area (TPSA) is 58.0 Å². The number of rotatable bonds is 5. The second-order valence-corrected chi connectivity index (χ2v) is 6.64. The summed E-state index contributed by atoms with van der Waals surface area (Å²) in [6.45, 7) is 0.513. The molecule has 0 spiro atoms. The van der Waals surface area contributed by atoms with E-state index in [1.54, 1.807) is 11.3 Å². The molecule has 4 rings (SSSR count). The normalized spacial score (nSPS) is 10.9. The highest BCUT2D eigenvalue weighted by Gasteiger charge is 2.13. The van der Waals surface area contributed by atoms with Gasteiger partial charge in [-0.05, 0) is 11.6 Å². The molecule has 0 aliphatic heterocycles. The predicted molar refractivity (Wildman–Crippen MR) is 104 cm³/mol. The van der Waals surface area contributed by atoms with Gasteiger partial charge in [-0.15, -0.1) is 11.3 Å². The van der Waals surface area contributed by atoms with Gasteiger partial charge in [0.25, 0.3) is 0 Å². The van der Waals surface area contributed by atoms with Crippen LogP contribution >= 0.6 is 11.3 Å². The molecule has 5 heteroatoms. The first-order valence-electron chi connectivity index (χ1n) is 8.12. The monoisotopic (exact) mass is 347 g/mol. The van der Waals surface area contributed by atoms with Gasteiger partial charge in [-0.25, -0.2) is 9.97 Å². The smallest absolute Gasteiger partial charge is 0.163 e. The summed E-state index contributed by atoms with van der Waals surface area (Å²) >= 11 is 1.65. The minimum atomic E-state index is 0.0574. The van der Waals surface area contributed by atoms with E-state index >= 15 is 0 Å². The van der Waals surface area contributed by atoms with Crippen LogP contribution in [0.1, 0.15) is 0 Å². The first kappa shape index (κ1) is 15.7. The van der Waals surface area contributed by atoms with Crippen molar-refractivity contribution in [3.8, 4) is 21.8 Å². The molecule has 0 atom stereocenters.